The van der Waals surface area contributed by atoms with E-state index in [1.807, 2.05) is 13.8 Å². The number of nitrogens with zero attached hydrogens (tertiary/aromatic N) is 1. The minimum atomic E-state index is -1.18. The van der Waals surface area contributed by atoms with Crippen molar-refractivity contribution in [3.05, 3.63) is 18.2 Å². The van der Waals surface area contributed by atoms with Gasteiger partial charge in [0, 0.05) is 18.3 Å². The van der Waals surface area contributed by atoms with Crippen LogP contribution in [-0.4, -0.2) is 63.9 Å². The Hall–Kier alpha value is -2.95. The van der Waals surface area contributed by atoms with Crippen molar-refractivity contribution < 1.29 is 24.3 Å². The zero-order valence-corrected chi connectivity index (χ0v) is 15.3. The molecule has 1 rings (SSSR count). The Morgan fingerprint density at radius 2 is 1.85 bits per heavy atom. The van der Waals surface area contributed by atoms with Crippen molar-refractivity contribution in [1.29, 1.82) is 0 Å². The zero-order valence-electron chi connectivity index (χ0n) is 15.3. The number of carbonyl (C=O) groups is 4. The number of rotatable bonds is 11. The molecule has 0 aliphatic heterocycles. The molecule has 2 unspecified atom stereocenters. The molecule has 1 aromatic heterocycles. The molecule has 11 heteroatoms. The van der Waals surface area contributed by atoms with Crippen LogP contribution in [0, 0.1) is 5.92 Å². The summed E-state index contributed by atoms with van der Waals surface area (Å²) in [5, 5.41) is 15.8. The van der Waals surface area contributed by atoms with E-state index in [4.69, 9.17) is 10.8 Å². The average Bonchev–Trinajstić information content (AvgIpc) is 3.09. The van der Waals surface area contributed by atoms with E-state index in [2.05, 4.69) is 25.9 Å². The SMILES string of the molecule is CC(C)CC(NC(=O)CNC(=O)C(N)Cc1cnc[nH]1)C(=O)NCC(=O)O. The van der Waals surface area contributed by atoms with E-state index in [0.29, 0.717) is 12.1 Å². The third-order valence-electron chi connectivity index (χ3n) is 3.53. The van der Waals surface area contributed by atoms with Crippen molar-refractivity contribution in [2.45, 2.75) is 38.8 Å². The predicted molar refractivity (Wildman–Crippen MR) is 95.3 cm³/mol. The standard InChI is InChI=1S/C16H26N6O5/c1-9(2)3-12(16(27)20-7-14(24)25)22-13(23)6-19-15(26)11(17)4-10-5-18-8-21-10/h5,8-9,11-12H,3-4,6-7,17H2,1-2H3,(H,18,21)(H,19,26)(H,20,27)(H,22,23)(H,24,25). The Kier molecular flexibility index (Phi) is 8.93. The number of carboxylic acids is 1. The van der Waals surface area contributed by atoms with E-state index in [0.717, 1.165) is 0 Å². The Morgan fingerprint density at radius 1 is 1.19 bits per heavy atom. The molecule has 1 aromatic rings. The molecule has 0 saturated carbocycles. The summed E-state index contributed by atoms with van der Waals surface area (Å²) in [6.45, 7) is 2.83. The lowest BCUT2D eigenvalue weighted by molar-refractivity contribution is -0.138. The fourth-order valence-electron chi connectivity index (χ4n) is 2.26. The van der Waals surface area contributed by atoms with Gasteiger partial charge < -0.3 is 31.8 Å². The molecular formula is C16H26N6O5. The Morgan fingerprint density at radius 3 is 2.41 bits per heavy atom. The van der Waals surface area contributed by atoms with Crippen LogP contribution >= 0.6 is 0 Å². The molecule has 2 atom stereocenters. The van der Waals surface area contributed by atoms with Crippen molar-refractivity contribution in [2.24, 2.45) is 11.7 Å². The molecule has 3 amide bonds. The summed E-state index contributed by atoms with van der Waals surface area (Å²) in [6, 6.07) is -1.75. The molecule has 0 fully saturated rings. The third kappa shape index (κ3) is 8.81. The number of aliphatic carboxylic acids is 1. The van der Waals surface area contributed by atoms with Gasteiger partial charge in [0.05, 0.1) is 18.9 Å². The minimum Gasteiger partial charge on any atom is -0.480 e. The van der Waals surface area contributed by atoms with Gasteiger partial charge in [-0.25, -0.2) is 4.98 Å². The molecule has 27 heavy (non-hydrogen) atoms. The first-order chi connectivity index (χ1) is 12.7. The molecule has 0 saturated heterocycles. The maximum Gasteiger partial charge on any atom is 0.322 e. The van der Waals surface area contributed by atoms with Gasteiger partial charge in [0.1, 0.15) is 12.6 Å². The lowest BCUT2D eigenvalue weighted by atomic mass is 10.0. The highest BCUT2D eigenvalue weighted by molar-refractivity contribution is 5.91. The zero-order chi connectivity index (χ0) is 20.4. The van der Waals surface area contributed by atoms with Crippen LogP contribution in [0.2, 0.25) is 0 Å². The number of H-pyrrole nitrogens is 1. The van der Waals surface area contributed by atoms with Gasteiger partial charge in [-0.3, -0.25) is 19.2 Å². The number of aromatic nitrogens is 2. The van der Waals surface area contributed by atoms with E-state index < -0.39 is 42.3 Å². The van der Waals surface area contributed by atoms with Crippen LogP contribution in [0.4, 0.5) is 0 Å². The molecule has 0 radical (unpaired) electrons. The summed E-state index contributed by atoms with van der Waals surface area (Å²) in [4.78, 5) is 53.2. The summed E-state index contributed by atoms with van der Waals surface area (Å²) in [5.74, 6) is -2.79. The fraction of sp³-hybridized carbons (Fsp3) is 0.562. The van der Waals surface area contributed by atoms with Crippen LogP contribution in [-0.2, 0) is 25.6 Å². The van der Waals surface area contributed by atoms with E-state index in [-0.39, 0.29) is 18.9 Å². The topological polar surface area (TPSA) is 179 Å². The molecule has 0 spiro atoms. The normalized spacial score (nSPS) is 12.9. The van der Waals surface area contributed by atoms with E-state index in [1.54, 1.807) is 6.20 Å². The van der Waals surface area contributed by atoms with Crippen LogP contribution in [0.5, 0.6) is 0 Å². The lowest BCUT2D eigenvalue weighted by Gasteiger charge is -2.20. The van der Waals surface area contributed by atoms with Gasteiger partial charge in [0.15, 0.2) is 0 Å². The van der Waals surface area contributed by atoms with Crippen LogP contribution in [0.15, 0.2) is 12.5 Å². The lowest BCUT2D eigenvalue weighted by Crippen LogP contribution is -2.52. The molecular weight excluding hydrogens is 356 g/mol. The number of carbonyl (C=O) groups excluding carboxylic acids is 3. The second-order valence-electron chi connectivity index (χ2n) is 6.47. The van der Waals surface area contributed by atoms with Gasteiger partial charge in [-0.2, -0.15) is 0 Å². The highest BCUT2D eigenvalue weighted by atomic mass is 16.4. The number of nitrogens with one attached hydrogen (secondary N) is 4. The monoisotopic (exact) mass is 382 g/mol. The molecule has 0 aliphatic rings. The molecule has 0 aliphatic carbocycles. The third-order valence-corrected chi connectivity index (χ3v) is 3.53. The van der Waals surface area contributed by atoms with Gasteiger partial charge in [0.2, 0.25) is 17.7 Å². The van der Waals surface area contributed by atoms with Crippen LogP contribution in [0.3, 0.4) is 0 Å². The maximum absolute atomic E-state index is 12.0. The molecule has 0 bridgehead atoms. The number of aromatic amines is 1. The molecule has 150 valence electrons. The molecule has 11 nitrogen and oxygen atoms in total. The Balaban J connectivity index is 2.48. The van der Waals surface area contributed by atoms with Crippen molar-refractivity contribution in [3.8, 4) is 0 Å². The van der Waals surface area contributed by atoms with Crippen molar-refractivity contribution in [2.75, 3.05) is 13.1 Å². The second-order valence-corrected chi connectivity index (χ2v) is 6.47. The van der Waals surface area contributed by atoms with Crippen LogP contribution < -0.4 is 21.7 Å². The van der Waals surface area contributed by atoms with Gasteiger partial charge in [-0.05, 0) is 12.3 Å². The quantitative estimate of drug-likeness (QED) is 0.259. The molecule has 1 heterocycles. The Bertz CT molecular complexity index is 646. The fourth-order valence-corrected chi connectivity index (χ4v) is 2.26. The highest BCUT2D eigenvalue weighted by Gasteiger charge is 2.23. The second kappa shape index (κ2) is 10.9. The van der Waals surface area contributed by atoms with Gasteiger partial charge in [0.25, 0.3) is 0 Å². The summed E-state index contributed by atoms with van der Waals surface area (Å²) in [5.41, 5.74) is 6.46. The van der Waals surface area contributed by atoms with Crippen LogP contribution in [0.1, 0.15) is 26.0 Å². The first-order valence-corrected chi connectivity index (χ1v) is 8.48. The van der Waals surface area contributed by atoms with Crippen LogP contribution in [0.25, 0.3) is 0 Å². The first-order valence-electron chi connectivity index (χ1n) is 8.48. The highest BCUT2D eigenvalue weighted by Crippen LogP contribution is 2.05. The first kappa shape index (κ1) is 22.1. The minimum absolute atomic E-state index is 0.0864. The molecule has 7 N–H and O–H groups in total. The number of hydrogen-bond acceptors (Lipinski definition) is 6. The van der Waals surface area contributed by atoms with Gasteiger partial charge in [-0.1, -0.05) is 13.8 Å². The van der Waals surface area contributed by atoms with E-state index >= 15 is 0 Å². The largest absolute Gasteiger partial charge is 0.480 e. The summed E-state index contributed by atoms with van der Waals surface area (Å²) < 4.78 is 0. The van der Waals surface area contributed by atoms with E-state index in [9.17, 15) is 19.2 Å². The van der Waals surface area contributed by atoms with Gasteiger partial charge >= 0.3 is 5.97 Å². The van der Waals surface area contributed by atoms with E-state index in [1.165, 1.54) is 6.33 Å². The summed E-state index contributed by atoms with van der Waals surface area (Å²) >= 11 is 0. The summed E-state index contributed by atoms with van der Waals surface area (Å²) in [7, 11) is 0. The van der Waals surface area contributed by atoms with Crippen molar-refractivity contribution in [1.82, 2.24) is 25.9 Å². The predicted octanol–water partition coefficient (Wildman–Crippen LogP) is -1.87. The van der Waals surface area contributed by atoms with Crippen molar-refractivity contribution in [3.63, 3.8) is 0 Å². The summed E-state index contributed by atoms with van der Waals surface area (Å²) in [6.07, 6.45) is 3.58. The Labute approximate surface area is 156 Å². The maximum atomic E-state index is 12.0. The smallest absolute Gasteiger partial charge is 0.322 e. The van der Waals surface area contributed by atoms with Gasteiger partial charge in [-0.15, -0.1) is 0 Å². The number of amides is 3. The number of hydrogen-bond donors (Lipinski definition) is 6. The average molecular weight is 382 g/mol. The van der Waals surface area contributed by atoms with Crippen molar-refractivity contribution >= 4 is 23.7 Å². The number of imidazole rings is 1. The molecule has 0 aromatic carbocycles. The number of nitrogens with two attached hydrogens (primary N) is 1. The number of carboxylic acid groups (broad SMARTS) is 1.